The van der Waals surface area contributed by atoms with E-state index in [0.717, 1.165) is 0 Å². The first-order valence-electron chi connectivity index (χ1n) is 7.83. The topological polar surface area (TPSA) is 32.8 Å². The van der Waals surface area contributed by atoms with Crippen molar-refractivity contribution in [2.24, 2.45) is 0 Å². The Balaban J connectivity index is 2.95. The number of amides is 1. The van der Waals surface area contributed by atoms with Gasteiger partial charge in [-0.2, -0.15) is 13.2 Å². The van der Waals surface area contributed by atoms with Crippen molar-refractivity contribution in [3.63, 3.8) is 0 Å². The van der Waals surface area contributed by atoms with Crippen LogP contribution in [-0.4, -0.2) is 59.8 Å². The Kier molecular flexibility index (Phi) is 3.15. The van der Waals surface area contributed by atoms with Gasteiger partial charge in [-0.05, 0) is 27.7 Å². The maximum Gasteiger partial charge on any atom is 0.425 e. The summed E-state index contributed by atoms with van der Waals surface area (Å²) in [4.78, 5) is 13.9. The summed E-state index contributed by atoms with van der Waals surface area (Å²) in [6.45, 7) is 1.52. The van der Waals surface area contributed by atoms with Gasteiger partial charge in [0, 0.05) is 33.0 Å². The zero-order valence-corrected chi connectivity index (χ0v) is 11.3. The first-order chi connectivity index (χ1) is 9.99. The molecule has 0 aromatic carbocycles. The van der Waals surface area contributed by atoms with Gasteiger partial charge in [0.2, 0.25) is 0 Å². The van der Waals surface area contributed by atoms with Gasteiger partial charge in [-0.25, -0.2) is 4.79 Å². The molecule has 0 radical (unpaired) electrons. The smallest absolute Gasteiger partial charge is 0.425 e. The van der Waals surface area contributed by atoms with Crippen LogP contribution in [-0.2, 0) is 4.74 Å². The molecule has 1 amide bonds. The Morgan fingerprint density at radius 2 is 1.95 bits per heavy atom. The van der Waals surface area contributed by atoms with Gasteiger partial charge in [0.15, 0.2) is 6.08 Å². The SMILES string of the molecule is [2H]C1CN(C(=O)OC([2H])(C)C(F)(F)F)C([2H])([2H])CN1C(C)(C)C. The van der Waals surface area contributed by atoms with E-state index in [-0.39, 0.29) is 6.54 Å². The second kappa shape index (κ2) is 5.56. The molecule has 4 nitrogen and oxygen atoms in total. The summed E-state index contributed by atoms with van der Waals surface area (Å²) in [6, 6.07) is 0. The van der Waals surface area contributed by atoms with Gasteiger partial charge in [-0.1, -0.05) is 0 Å². The number of piperazine rings is 1. The summed E-state index contributed by atoms with van der Waals surface area (Å²) in [5.74, 6) is 0. The van der Waals surface area contributed by atoms with E-state index < -0.39 is 43.5 Å². The highest BCUT2D eigenvalue weighted by atomic mass is 19.4. The van der Waals surface area contributed by atoms with Crippen LogP contribution in [0, 0.1) is 0 Å². The molecule has 1 saturated heterocycles. The van der Waals surface area contributed by atoms with Crippen molar-refractivity contribution in [3.05, 3.63) is 0 Å². The molecular weight excluding hydrogens is 261 g/mol. The molecule has 0 aromatic heterocycles. The van der Waals surface area contributed by atoms with Gasteiger partial charge in [-0.15, -0.1) is 0 Å². The summed E-state index contributed by atoms with van der Waals surface area (Å²) in [5, 5.41) is 0. The van der Waals surface area contributed by atoms with E-state index in [1.165, 1.54) is 4.90 Å². The molecule has 1 fully saturated rings. The van der Waals surface area contributed by atoms with Crippen molar-refractivity contribution in [2.75, 3.05) is 26.1 Å². The molecular formula is C12H21F3N2O2. The quantitative estimate of drug-likeness (QED) is 0.742. The highest BCUT2D eigenvalue weighted by Gasteiger charge is 2.40. The fraction of sp³-hybridized carbons (Fsp3) is 0.917. The number of hydrogen-bond donors (Lipinski definition) is 0. The molecule has 0 N–H and O–H groups in total. The predicted molar refractivity (Wildman–Crippen MR) is 64.9 cm³/mol. The average molecular weight is 286 g/mol. The van der Waals surface area contributed by atoms with Crippen LogP contribution in [0.15, 0.2) is 0 Å². The Bertz CT molecular complexity index is 466. The molecule has 0 bridgehead atoms. The number of nitrogens with zero attached hydrogens (tertiary/aromatic N) is 2. The molecule has 1 aliphatic rings. The number of carbonyl (C=O) groups excluding carboxylic acids is 1. The van der Waals surface area contributed by atoms with Gasteiger partial charge < -0.3 is 9.64 Å². The minimum absolute atomic E-state index is 0.347. The number of carbonyl (C=O) groups is 1. The van der Waals surface area contributed by atoms with Crippen LogP contribution in [0.4, 0.5) is 18.0 Å². The average Bonchev–Trinajstić information content (AvgIpc) is 2.28. The zero-order valence-electron chi connectivity index (χ0n) is 15.3. The molecule has 0 aromatic rings. The van der Waals surface area contributed by atoms with Crippen LogP contribution in [0.25, 0.3) is 0 Å². The van der Waals surface area contributed by atoms with Crippen molar-refractivity contribution in [2.45, 2.75) is 45.5 Å². The summed E-state index contributed by atoms with van der Waals surface area (Å²) < 4.78 is 72.9. The molecule has 0 saturated carbocycles. The molecule has 7 heteroatoms. The van der Waals surface area contributed by atoms with Crippen molar-refractivity contribution in [1.29, 1.82) is 0 Å². The highest BCUT2D eigenvalue weighted by molar-refractivity contribution is 5.68. The Labute approximate surface area is 117 Å². The molecule has 2 unspecified atom stereocenters. The molecule has 19 heavy (non-hydrogen) atoms. The van der Waals surface area contributed by atoms with Crippen molar-refractivity contribution in [1.82, 2.24) is 9.80 Å². The van der Waals surface area contributed by atoms with E-state index >= 15 is 0 Å². The number of halogens is 3. The summed E-state index contributed by atoms with van der Waals surface area (Å²) in [5.41, 5.74) is -0.550. The predicted octanol–water partition coefficient (Wildman–Crippen LogP) is 2.49. The summed E-state index contributed by atoms with van der Waals surface area (Å²) in [7, 11) is 0. The number of hydrogen-bond acceptors (Lipinski definition) is 3. The summed E-state index contributed by atoms with van der Waals surface area (Å²) >= 11 is 0. The lowest BCUT2D eigenvalue weighted by Crippen LogP contribution is -2.55. The fourth-order valence-electron chi connectivity index (χ4n) is 1.36. The van der Waals surface area contributed by atoms with Crippen LogP contribution in [0.1, 0.15) is 33.2 Å². The van der Waals surface area contributed by atoms with Crippen LogP contribution in [0.5, 0.6) is 0 Å². The maximum atomic E-state index is 12.6. The van der Waals surface area contributed by atoms with E-state index in [2.05, 4.69) is 4.74 Å². The molecule has 112 valence electrons. The first-order valence-corrected chi connectivity index (χ1v) is 5.75. The largest absolute Gasteiger partial charge is 0.437 e. The Morgan fingerprint density at radius 3 is 2.42 bits per heavy atom. The lowest BCUT2D eigenvalue weighted by Gasteiger charge is -2.42. The molecule has 1 aliphatic heterocycles. The van der Waals surface area contributed by atoms with Crippen LogP contribution in [0.2, 0.25) is 0 Å². The molecule has 0 spiro atoms. The zero-order chi connectivity index (χ0) is 18.4. The monoisotopic (exact) mass is 286 g/mol. The van der Waals surface area contributed by atoms with Gasteiger partial charge >= 0.3 is 12.3 Å². The summed E-state index contributed by atoms with van der Waals surface area (Å²) in [6.07, 6.45) is -10.2. The van der Waals surface area contributed by atoms with Gasteiger partial charge in [0.05, 0.1) is 4.11 Å². The van der Waals surface area contributed by atoms with E-state index in [4.69, 9.17) is 5.48 Å². The van der Waals surface area contributed by atoms with Crippen LogP contribution < -0.4 is 0 Å². The fourth-order valence-corrected chi connectivity index (χ4v) is 1.36. The normalized spacial score (nSPS) is 31.5. The number of ether oxygens (including phenoxy) is 1. The Hall–Kier alpha value is -0.980. The molecule has 1 heterocycles. The van der Waals surface area contributed by atoms with Gasteiger partial charge in [-0.3, -0.25) is 4.90 Å². The second-order valence-corrected chi connectivity index (χ2v) is 5.17. The van der Waals surface area contributed by atoms with Crippen molar-refractivity contribution in [3.8, 4) is 0 Å². The lowest BCUT2D eigenvalue weighted by atomic mass is 10.1. The number of rotatable bonds is 1. The minimum Gasteiger partial charge on any atom is -0.437 e. The van der Waals surface area contributed by atoms with Gasteiger partial charge in [0.25, 0.3) is 0 Å². The standard InChI is InChI=1S/C12H21F3N2O2/c1-9(12(13,14)15)19-10(18)16-5-7-17(8-6-16)11(2,3)4/h9H,5-8H2,1-4H3/i5D2,8D,9D. The van der Waals surface area contributed by atoms with Crippen LogP contribution in [0.3, 0.4) is 0 Å². The third kappa shape index (κ3) is 4.56. The van der Waals surface area contributed by atoms with Gasteiger partial charge in [0.1, 0.15) is 0 Å². The molecule has 2 atom stereocenters. The van der Waals surface area contributed by atoms with E-state index in [1.54, 1.807) is 20.8 Å². The molecule has 0 aliphatic carbocycles. The van der Waals surface area contributed by atoms with E-state index in [1.807, 2.05) is 0 Å². The molecule has 1 rings (SSSR count). The third-order valence-electron chi connectivity index (χ3n) is 2.64. The first kappa shape index (κ1) is 10.8. The minimum atomic E-state index is -5.11. The van der Waals surface area contributed by atoms with E-state index in [0.29, 0.717) is 11.8 Å². The van der Waals surface area contributed by atoms with Crippen molar-refractivity contribution >= 4 is 6.09 Å². The maximum absolute atomic E-state index is 12.6. The number of alkyl halides is 3. The third-order valence-corrected chi connectivity index (χ3v) is 2.64. The second-order valence-electron chi connectivity index (χ2n) is 5.17. The van der Waals surface area contributed by atoms with Crippen molar-refractivity contribution < 1.29 is 28.2 Å². The van der Waals surface area contributed by atoms with Crippen LogP contribution >= 0.6 is 0 Å². The highest BCUT2D eigenvalue weighted by Crippen LogP contribution is 2.23. The lowest BCUT2D eigenvalue weighted by molar-refractivity contribution is -0.200. The van der Waals surface area contributed by atoms with E-state index in [9.17, 15) is 18.0 Å². The Morgan fingerprint density at radius 1 is 1.37 bits per heavy atom.